The molecule has 1 amide bonds. The van der Waals surface area contributed by atoms with Gasteiger partial charge in [-0.25, -0.2) is 0 Å². The van der Waals surface area contributed by atoms with Crippen molar-refractivity contribution in [2.75, 3.05) is 10.6 Å². The number of amides is 1. The van der Waals surface area contributed by atoms with Crippen LogP contribution in [0.2, 0.25) is 0 Å². The van der Waals surface area contributed by atoms with Gasteiger partial charge >= 0.3 is 0 Å². The molecule has 1 aromatic heterocycles. The first-order chi connectivity index (χ1) is 9.17. The quantitative estimate of drug-likeness (QED) is 0.844. The average Bonchev–Trinajstić information content (AvgIpc) is 2.82. The van der Waals surface area contributed by atoms with Crippen LogP contribution in [0.1, 0.15) is 18.2 Å². The molecule has 0 aliphatic rings. The van der Waals surface area contributed by atoms with Gasteiger partial charge in [0.25, 0.3) is 0 Å². The maximum absolute atomic E-state index is 11.3. The molecule has 3 nitrogen and oxygen atoms in total. The van der Waals surface area contributed by atoms with E-state index in [4.69, 9.17) is 0 Å². The molecule has 0 atom stereocenters. The standard InChI is InChI=1S/C14H15BrN2OS/c1-2-14(18)17-12-5-3-4-11(7-12)16-8-13-6-10(15)9-19-13/h3-7,9,16H,2,8H2,1H3,(H,17,18). The van der Waals surface area contributed by atoms with Crippen molar-refractivity contribution in [3.8, 4) is 0 Å². The number of nitrogens with one attached hydrogen (secondary N) is 2. The van der Waals surface area contributed by atoms with Gasteiger partial charge in [-0.2, -0.15) is 0 Å². The van der Waals surface area contributed by atoms with Gasteiger partial charge in [0.15, 0.2) is 0 Å². The lowest BCUT2D eigenvalue weighted by Gasteiger charge is -2.08. The van der Waals surface area contributed by atoms with Crippen molar-refractivity contribution >= 4 is 44.5 Å². The number of rotatable bonds is 5. The Labute approximate surface area is 125 Å². The van der Waals surface area contributed by atoms with Gasteiger partial charge in [-0.1, -0.05) is 13.0 Å². The highest BCUT2D eigenvalue weighted by atomic mass is 79.9. The lowest BCUT2D eigenvalue weighted by atomic mass is 10.2. The molecule has 0 saturated heterocycles. The maximum Gasteiger partial charge on any atom is 0.224 e. The van der Waals surface area contributed by atoms with Crippen LogP contribution in [-0.4, -0.2) is 5.91 Å². The van der Waals surface area contributed by atoms with Crippen molar-refractivity contribution in [2.24, 2.45) is 0 Å². The Bertz CT molecular complexity index is 568. The van der Waals surface area contributed by atoms with E-state index in [-0.39, 0.29) is 5.91 Å². The summed E-state index contributed by atoms with van der Waals surface area (Å²) in [7, 11) is 0. The predicted molar refractivity (Wildman–Crippen MR) is 84.7 cm³/mol. The lowest BCUT2D eigenvalue weighted by Crippen LogP contribution is -2.09. The third kappa shape index (κ3) is 4.36. The van der Waals surface area contributed by atoms with Crippen LogP contribution >= 0.6 is 27.3 Å². The van der Waals surface area contributed by atoms with Gasteiger partial charge in [0.1, 0.15) is 0 Å². The molecule has 19 heavy (non-hydrogen) atoms. The summed E-state index contributed by atoms with van der Waals surface area (Å²) in [5, 5.41) is 8.26. The Balaban J connectivity index is 1.97. The second-order valence-corrected chi connectivity index (χ2v) is 5.98. The van der Waals surface area contributed by atoms with E-state index in [1.807, 2.05) is 31.2 Å². The number of halogens is 1. The van der Waals surface area contributed by atoms with E-state index >= 15 is 0 Å². The monoisotopic (exact) mass is 338 g/mol. The van der Waals surface area contributed by atoms with Crippen molar-refractivity contribution in [1.29, 1.82) is 0 Å². The number of carbonyl (C=O) groups is 1. The Kier molecular flexibility index (Phi) is 4.99. The molecular formula is C14H15BrN2OS. The van der Waals surface area contributed by atoms with Crippen molar-refractivity contribution < 1.29 is 4.79 Å². The van der Waals surface area contributed by atoms with E-state index < -0.39 is 0 Å². The van der Waals surface area contributed by atoms with E-state index in [0.29, 0.717) is 6.42 Å². The molecule has 5 heteroatoms. The molecule has 0 bridgehead atoms. The van der Waals surface area contributed by atoms with Gasteiger partial charge in [-0.15, -0.1) is 11.3 Å². The molecule has 0 unspecified atom stereocenters. The fourth-order valence-corrected chi connectivity index (χ4v) is 2.98. The van der Waals surface area contributed by atoms with Gasteiger partial charge in [0.2, 0.25) is 5.91 Å². The summed E-state index contributed by atoms with van der Waals surface area (Å²) in [6.07, 6.45) is 0.487. The number of carbonyl (C=O) groups excluding carboxylic acids is 1. The maximum atomic E-state index is 11.3. The predicted octanol–water partition coefficient (Wildman–Crippen LogP) is 4.47. The Morgan fingerprint density at radius 1 is 1.32 bits per heavy atom. The Morgan fingerprint density at radius 3 is 2.79 bits per heavy atom. The van der Waals surface area contributed by atoms with Crippen molar-refractivity contribution in [1.82, 2.24) is 0 Å². The van der Waals surface area contributed by atoms with Crippen LogP contribution in [-0.2, 0) is 11.3 Å². The molecule has 0 saturated carbocycles. The molecule has 2 aromatic rings. The second kappa shape index (κ2) is 6.73. The van der Waals surface area contributed by atoms with Crippen LogP contribution in [0.5, 0.6) is 0 Å². The SMILES string of the molecule is CCC(=O)Nc1cccc(NCc2cc(Br)cs2)c1. The van der Waals surface area contributed by atoms with E-state index in [0.717, 1.165) is 22.4 Å². The number of anilines is 2. The van der Waals surface area contributed by atoms with E-state index in [1.165, 1.54) is 4.88 Å². The summed E-state index contributed by atoms with van der Waals surface area (Å²) < 4.78 is 1.11. The zero-order chi connectivity index (χ0) is 13.7. The molecule has 2 N–H and O–H groups in total. The fraction of sp³-hybridized carbons (Fsp3) is 0.214. The summed E-state index contributed by atoms with van der Waals surface area (Å²) in [6.45, 7) is 2.62. The molecule has 100 valence electrons. The minimum atomic E-state index is 0.0272. The van der Waals surface area contributed by atoms with E-state index in [1.54, 1.807) is 11.3 Å². The normalized spacial score (nSPS) is 10.2. The molecule has 0 aliphatic heterocycles. The zero-order valence-electron chi connectivity index (χ0n) is 10.6. The van der Waals surface area contributed by atoms with Gasteiger partial charge in [0, 0.05) is 39.1 Å². The number of thiophene rings is 1. The highest BCUT2D eigenvalue weighted by Crippen LogP contribution is 2.21. The first kappa shape index (κ1) is 14.1. The number of hydrogen-bond acceptors (Lipinski definition) is 3. The summed E-state index contributed by atoms with van der Waals surface area (Å²) in [4.78, 5) is 12.6. The van der Waals surface area contributed by atoms with Gasteiger partial charge in [0.05, 0.1) is 0 Å². The highest BCUT2D eigenvalue weighted by molar-refractivity contribution is 9.10. The zero-order valence-corrected chi connectivity index (χ0v) is 13.0. The summed E-state index contributed by atoms with van der Waals surface area (Å²) in [5.74, 6) is 0.0272. The summed E-state index contributed by atoms with van der Waals surface area (Å²) in [5.41, 5.74) is 1.82. The van der Waals surface area contributed by atoms with E-state index in [2.05, 4.69) is 38.0 Å². The highest BCUT2D eigenvalue weighted by Gasteiger charge is 2.01. The number of benzene rings is 1. The smallest absolute Gasteiger partial charge is 0.224 e. The third-order valence-corrected chi connectivity index (χ3v) is 4.25. The molecule has 0 aliphatic carbocycles. The molecule has 0 spiro atoms. The van der Waals surface area contributed by atoms with Crippen molar-refractivity contribution in [3.05, 3.63) is 45.1 Å². The Hall–Kier alpha value is -1.33. The van der Waals surface area contributed by atoms with Crippen LogP contribution in [0, 0.1) is 0 Å². The topological polar surface area (TPSA) is 41.1 Å². The Morgan fingerprint density at radius 2 is 2.11 bits per heavy atom. The van der Waals surface area contributed by atoms with Gasteiger partial charge in [-0.05, 0) is 40.2 Å². The first-order valence-corrected chi connectivity index (χ1v) is 7.71. The van der Waals surface area contributed by atoms with Crippen molar-refractivity contribution in [3.63, 3.8) is 0 Å². The van der Waals surface area contributed by atoms with Crippen LogP contribution in [0.3, 0.4) is 0 Å². The van der Waals surface area contributed by atoms with Gasteiger partial charge < -0.3 is 10.6 Å². The molecular weight excluding hydrogens is 324 g/mol. The lowest BCUT2D eigenvalue weighted by molar-refractivity contribution is -0.115. The number of hydrogen-bond donors (Lipinski definition) is 2. The van der Waals surface area contributed by atoms with Crippen LogP contribution in [0.4, 0.5) is 11.4 Å². The fourth-order valence-electron chi connectivity index (χ4n) is 1.59. The summed E-state index contributed by atoms with van der Waals surface area (Å²) >= 11 is 5.15. The third-order valence-electron chi connectivity index (χ3n) is 2.56. The van der Waals surface area contributed by atoms with Crippen molar-refractivity contribution in [2.45, 2.75) is 19.9 Å². The first-order valence-electron chi connectivity index (χ1n) is 6.04. The minimum Gasteiger partial charge on any atom is -0.380 e. The molecule has 1 heterocycles. The minimum absolute atomic E-state index is 0.0272. The molecule has 1 aromatic carbocycles. The molecule has 0 radical (unpaired) electrons. The van der Waals surface area contributed by atoms with Crippen LogP contribution in [0.15, 0.2) is 40.2 Å². The van der Waals surface area contributed by atoms with E-state index in [9.17, 15) is 4.79 Å². The largest absolute Gasteiger partial charge is 0.380 e. The summed E-state index contributed by atoms with van der Waals surface area (Å²) in [6, 6.07) is 9.85. The molecule has 2 rings (SSSR count). The average molecular weight is 339 g/mol. The van der Waals surface area contributed by atoms with Crippen LogP contribution < -0.4 is 10.6 Å². The second-order valence-electron chi connectivity index (χ2n) is 4.07. The van der Waals surface area contributed by atoms with Crippen LogP contribution in [0.25, 0.3) is 0 Å². The molecule has 0 fully saturated rings. The van der Waals surface area contributed by atoms with Gasteiger partial charge in [-0.3, -0.25) is 4.79 Å².